The van der Waals surface area contributed by atoms with Crippen molar-refractivity contribution in [3.8, 4) is 0 Å². The van der Waals surface area contributed by atoms with Gasteiger partial charge in [0.2, 0.25) is 0 Å². The van der Waals surface area contributed by atoms with E-state index in [0.29, 0.717) is 39.8 Å². The molecular weight excluding hydrogens is 397 g/mol. The zero-order valence-electron chi connectivity index (χ0n) is 15.5. The van der Waals surface area contributed by atoms with E-state index in [9.17, 15) is 4.79 Å². The van der Waals surface area contributed by atoms with Crippen molar-refractivity contribution in [2.75, 3.05) is 25.1 Å². The third kappa shape index (κ3) is 4.77. The van der Waals surface area contributed by atoms with Gasteiger partial charge in [-0.15, -0.1) is 0 Å². The minimum absolute atomic E-state index is 0.0398. The lowest BCUT2D eigenvalue weighted by Crippen LogP contribution is -2.32. The van der Waals surface area contributed by atoms with Crippen LogP contribution in [0.2, 0.25) is 10.0 Å². The molecule has 1 aromatic carbocycles. The Balaban J connectivity index is 1.47. The molecular formula is C21H23Cl2N3O2. The van der Waals surface area contributed by atoms with Crippen LogP contribution in [0.25, 0.3) is 0 Å². The number of hydrogen-bond donors (Lipinski definition) is 2. The number of carbonyl (C=O) groups excluding carboxylic acids is 1. The van der Waals surface area contributed by atoms with Crippen LogP contribution in [0.4, 0.5) is 11.5 Å². The summed E-state index contributed by atoms with van der Waals surface area (Å²) in [5, 5.41) is 7.33. The monoisotopic (exact) mass is 419 g/mol. The van der Waals surface area contributed by atoms with Gasteiger partial charge in [0, 0.05) is 31.4 Å². The van der Waals surface area contributed by atoms with Crippen molar-refractivity contribution < 1.29 is 9.53 Å². The molecule has 2 heterocycles. The van der Waals surface area contributed by atoms with Gasteiger partial charge in [-0.25, -0.2) is 4.98 Å². The number of ether oxygens (including phenoxy) is 1. The van der Waals surface area contributed by atoms with Crippen LogP contribution in [0.5, 0.6) is 0 Å². The molecule has 2 aliphatic rings. The molecule has 2 N–H and O–H groups in total. The summed E-state index contributed by atoms with van der Waals surface area (Å²) in [6.07, 6.45) is 4.15. The fourth-order valence-electron chi connectivity index (χ4n) is 3.41. The normalized spacial score (nSPS) is 17.4. The summed E-state index contributed by atoms with van der Waals surface area (Å²) in [6, 6.07) is 9.04. The first-order valence-corrected chi connectivity index (χ1v) is 10.4. The van der Waals surface area contributed by atoms with Crippen molar-refractivity contribution in [3.05, 3.63) is 51.6 Å². The van der Waals surface area contributed by atoms with Crippen molar-refractivity contribution in [2.24, 2.45) is 5.92 Å². The van der Waals surface area contributed by atoms with Crippen molar-refractivity contribution >= 4 is 40.6 Å². The molecule has 0 atom stereocenters. The van der Waals surface area contributed by atoms with Gasteiger partial charge in [-0.2, -0.15) is 0 Å². The number of pyridine rings is 1. The van der Waals surface area contributed by atoms with E-state index in [-0.39, 0.29) is 5.91 Å². The highest BCUT2D eigenvalue weighted by Gasteiger charge is 2.30. The molecule has 1 amide bonds. The second kappa shape index (κ2) is 8.68. The Morgan fingerprint density at radius 1 is 1.07 bits per heavy atom. The van der Waals surface area contributed by atoms with E-state index in [1.165, 1.54) is 0 Å². The Kier molecular flexibility index (Phi) is 6.04. The van der Waals surface area contributed by atoms with Crippen molar-refractivity contribution in [3.63, 3.8) is 0 Å². The first-order valence-electron chi connectivity index (χ1n) is 9.69. The van der Waals surface area contributed by atoms with E-state index in [1.54, 1.807) is 12.1 Å². The first kappa shape index (κ1) is 19.5. The molecule has 1 saturated carbocycles. The van der Waals surface area contributed by atoms with Crippen LogP contribution >= 0.6 is 23.2 Å². The van der Waals surface area contributed by atoms with Crippen molar-refractivity contribution in [1.29, 1.82) is 0 Å². The van der Waals surface area contributed by atoms with Gasteiger partial charge in [0.05, 0.1) is 21.3 Å². The Hall–Kier alpha value is -1.82. The number of nitrogens with one attached hydrogen (secondary N) is 2. The standard InChI is InChI=1S/C21H23Cl2N3O2/c22-17-5-3-15(11-18(17)23)25-19-6-4-16(20(26-19)14-1-2-14)21(27)24-12-13-7-9-28-10-8-13/h3-6,11,13-14H,1-2,7-10,12H2,(H,24,27)(H,25,26). The summed E-state index contributed by atoms with van der Waals surface area (Å²) in [5.41, 5.74) is 2.35. The van der Waals surface area contributed by atoms with Crippen molar-refractivity contribution in [1.82, 2.24) is 10.3 Å². The number of nitrogens with zero attached hydrogens (tertiary/aromatic N) is 1. The molecule has 5 nitrogen and oxygen atoms in total. The summed E-state index contributed by atoms with van der Waals surface area (Å²) in [6.45, 7) is 2.25. The van der Waals surface area contributed by atoms with Crippen LogP contribution < -0.4 is 10.6 Å². The van der Waals surface area contributed by atoms with Crippen LogP contribution in [-0.4, -0.2) is 30.6 Å². The number of benzene rings is 1. The zero-order valence-corrected chi connectivity index (χ0v) is 17.0. The topological polar surface area (TPSA) is 63.2 Å². The van der Waals surface area contributed by atoms with Crippen LogP contribution in [0.15, 0.2) is 30.3 Å². The number of halogens is 2. The minimum atomic E-state index is -0.0398. The van der Waals surface area contributed by atoms with Crippen molar-refractivity contribution in [2.45, 2.75) is 31.6 Å². The minimum Gasteiger partial charge on any atom is -0.381 e. The summed E-state index contributed by atoms with van der Waals surface area (Å²) in [4.78, 5) is 17.5. The maximum atomic E-state index is 12.8. The summed E-state index contributed by atoms with van der Waals surface area (Å²) in [5.74, 6) is 1.51. The van der Waals surface area contributed by atoms with Gasteiger partial charge in [-0.1, -0.05) is 23.2 Å². The van der Waals surface area contributed by atoms with Gasteiger partial charge in [-0.3, -0.25) is 4.79 Å². The van der Waals surface area contributed by atoms with Crippen LogP contribution in [0.3, 0.4) is 0 Å². The second-order valence-electron chi connectivity index (χ2n) is 7.42. The molecule has 148 valence electrons. The Labute approximate surface area is 174 Å². The highest BCUT2D eigenvalue weighted by Crippen LogP contribution is 2.41. The van der Waals surface area contributed by atoms with Gasteiger partial charge in [0.1, 0.15) is 5.82 Å². The SMILES string of the molecule is O=C(NCC1CCOCC1)c1ccc(Nc2ccc(Cl)c(Cl)c2)nc1C1CC1. The molecule has 1 saturated heterocycles. The van der Waals surface area contributed by atoms with Gasteiger partial charge in [0.25, 0.3) is 5.91 Å². The van der Waals surface area contributed by atoms with Crippen LogP contribution in [0, 0.1) is 5.92 Å². The number of rotatable bonds is 6. The lowest BCUT2D eigenvalue weighted by molar-refractivity contribution is 0.0642. The molecule has 1 aliphatic carbocycles. The molecule has 0 unspecified atom stereocenters. The predicted octanol–water partition coefficient (Wildman–Crippen LogP) is 5.17. The molecule has 2 fully saturated rings. The molecule has 1 aliphatic heterocycles. The molecule has 4 rings (SSSR count). The van der Waals surface area contributed by atoms with Crippen LogP contribution in [-0.2, 0) is 4.74 Å². The molecule has 7 heteroatoms. The number of hydrogen-bond acceptors (Lipinski definition) is 4. The number of anilines is 2. The summed E-state index contributed by atoms with van der Waals surface area (Å²) >= 11 is 12.1. The second-order valence-corrected chi connectivity index (χ2v) is 8.24. The quantitative estimate of drug-likeness (QED) is 0.677. The number of amides is 1. The average Bonchev–Trinajstić information content (AvgIpc) is 3.55. The smallest absolute Gasteiger partial charge is 0.253 e. The number of aromatic nitrogens is 1. The highest BCUT2D eigenvalue weighted by molar-refractivity contribution is 6.42. The van der Waals surface area contributed by atoms with Gasteiger partial charge in [-0.05, 0) is 61.9 Å². The number of carbonyl (C=O) groups is 1. The maximum Gasteiger partial charge on any atom is 0.253 e. The Morgan fingerprint density at radius 2 is 1.86 bits per heavy atom. The Morgan fingerprint density at radius 3 is 2.57 bits per heavy atom. The fourth-order valence-corrected chi connectivity index (χ4v) is 3.71. The van der Waals surface area contributed by atoms with E-state index in [0.717, 1.165) is 50.3 Å². The molecule has 0 radical (unpaired) electrons. The maximum absolute atomic E-state index is 12.8. The van der Waals surface area contributed by atoms with E-state index < -0.39 is 0 Å². The lowest BCUT2D eigenvalue weighted by Gasteiger charge is -2.22. The predicted molar refractivity (Wildman–Crippen MR) is 112 cm³/mol. The van der Waals surface area contributed by atoms with Crippen LogP contribution in [0.1, 0.15) is 47.7 Å². The first-order chi connectivity index (χ1) is 13.6. The van der Waals surface area contributed by atoms with Gasteiger partial charge < -0.3 is 15.4 Å². The molecule has 28 heavy (non-hydrogen) atoms. The van der Waals surface area contributed by atoms with E-state index in [4.69, 9.17) is 32.9 Å². The van der Waals surface area contributed by atoms with Gasteiger partial charge >= 0.3 is 0 Å². The Bertz CT molecular complexity index is 865. The average molecular weight is 420 g/mol. The largest absolute Gasteiger partial charge is 0.381 e. The summed E-state index contributed by atoms with van der Waals surface area (Å²) in [7, 11) is 0. The zero-order chi connectivity index (χ0) is 19.5. The molecule has 1 aromatic heterocycles. The summed E-state index contributed by atoms with van der Waals surface area (Å²) < 4.78 is 5.38. The molecule has 2 aromatic rings. The third-order valence-electron chi connectivity index (χ3n) is 5.22. The van der Waals surface area contributed by atoms with E-state index in [2.05, 4.69) is 10.6 Å². The highest BCUT2D eigenvalue weighted by atomic mass is 35.5. The molecule has 0 bridgehead atoms. The van der Waals surface area contributed by atoms with E-state index in [1.807, 2.05) is 18.2 Å². The van der Waals surface area contributed by atoms with Gasteiger partial charge in [0.15, 0.2) is 0 Å². The lowest BCUT2D eigenvalue weighted by atomic mass is 10.00. The molecule has 0 spiro atoms. The fraction of sp³-hybridized carbons (Fsp3) is 0.429. The third-order valence-corrected chi connectivity index (χ3v) is 5.96. The van der Waals surface area contributed by atoms with E-state index >= 15 is 0 Å².